The number of hydrogen-bond donors (Lipinski definition) is 2. The average molecular weight is 577 g/mol. The van der Waals surface area contributed by atoms with Gasteiger partial charge >= 0.3 is 6.03 Å². The summed E-state index contributed by atoms with van der Waals surface area (Å²) < 4.78 is 0. The van der Waals surface area contributed by atoms with E-state index in [1.54, 1.807) is 28.0 Å². The van der Waals surface area contributed by atoms with E-state index in [1.807, 2.05) is 43.1 Å². The molecule has 216 valence electrons. The van der Waals surface area contributed by atoms with Crippen molar-refractivity contribution >= 4 is 52.2 Å². The van der Waals surface area contributed by atoms with Crippen LogP contribution in [-0.4, -0.2) is 95.7 Å². The molecule has 1 atom stereocenters. The van der Waals surface area contributed by atoms with Crippen molar-refractivity contribution in [1.29, 1.82) is 0 Å². The van der Waals surface area contributed by atoms with Crippen LogP contribution in [0.1, 0.15) is 40.7 Å². The topological polar surface area (TPSA) is 105 Å². The Morgan fingerprint density at radius 3 is 2.61 bits per heavy atom. The summed E-state index contributed by atoms with van der Waals surface area (Å²) in [6, 6.07) is 11.6. The molecule has 0 aromatic heterocycles. The number of carbonyl (C=O) groups is 4. The van der Waals surface area contributed by atoms with Crippen LogP contribution in [0.4, 0.5) is 16.2 Å². The minimum Gasteiger partial charge on any atom is -0.339 e. The number of aryl methyl sites for hydroxylation is 1. The molecular formula is C30H36N6O4S. The molecular weight excluding hydrogens is 540 g/mol. The van der Waals surface area contributed by atoms with E-state index < -0.39 is 6.04 Å². The lowest BCUT2D eigenvalue weighted by Gasteiger charge is -2.29. The second kappa shape index (κ2) is 12.4. The van der Waals surface area contributed by atoms with Gasteiger partial charge in [-0.15, -0.1) is 0 Å². The Morgan fingerprint density at radius 1 is 1.00 bits per heavy atom. The maximum absolute atomic E-state index is 13.5. The van der Waals surface area contributed by atoms with Crippen LogP contribution < -0.4 is 15.5 Å². The van der Waals surface area contributed by atoms with Crippen molar-refractivity contribution in [2.75, 3.05) is 56.5 Å². The molecule has 3 heterocycles. The van der Waals surface area contributed by atoms with Crippen molar-refractivity contribution in [3.8, 4) is 0 Å². The fourth-order valence-electron chi connectivity index (χ4n) is 5.63. The second-order valence-corrected chi connectivity index (χ2v) is 11.4. The Hall–Kier alpha value is -3.83. The van der Waals surface area contributed by atoms with Gasteiger partial charge in [0.2, 0.25) is 5.91 Å². The zero-order valence-corrected chi connectivity index (χ0v) is 24.3. The molecule has 41 heavy (non-hydrogen) atoms. The first-order valence-electron chi connectivity index (χ1n) is 14.1. The number of nitrogens with zero attached hydrogens (tertiary/aromatic N) is 4. The summed E-state index contributed by atoms with van der Waals surface area (Å²) in [5.74, 6) is -0.417. The number of anilines is 2. The number of likely N-dealkylation sites (tertiary alicyclic amines) is 1. The van der Waals surface area contributed by atoms with Crippen LogP contribution in [0.3, 0.4) is 0 Å². The zero-order chi connectivity index (χ0) is 29.1. The molecule has 0 bridgehead atoms. The number of thiocarbonyl (C=S) groups is 1. The quantitative estimate of drug-likeness (QED) is 0.543. The van der Waals surface area contributed by atoms with Gasteiger partial charge < -0.3 is 30.2 Å². The Balaban J connectivity index is 1.24. The molecule has 0 saturated carbocycles. The van der Waals surface area contributed by atoms with Gasteiger partial charge in [0.25, 0.3) is 11.8 Å². The smallest absolute Gasteiger partial charge is 0.318 e. The van der Waals surface area contributed by atoms with Crippen LogP contribution in [-0.2, 0) is 16.1 Å². The van der Waals surface area contributed by atoms with E-state index in [2.05, 4.69) is 15.5 Å². The van der Waals surface area contributed by atoms with Crippen LogP contribution in [0.15, 0.2) is 42.5 Å². The van der Waals surface area contributed by atoms with E-state index in [4.69, 9.17) is 12.2 Å². The SMILES string of the molecule is Cc1cc(C(=O)N2CCC(=O)Nc3ccccc32)ccc1CNC(=O)N1CCC(=S)[C@H]1C(=O)N1CCCN(C)CC1. The molecule has 2 aromatic carbocycles. The average Bonchev–Trinajstić information content (AvgIpc) is 3.10. The molecule has 0 aliphatic carbocycles. The molecule has 3 aliphatic heterocycles. The number of urea groups is 1. The molecule has 0 unspecified atom stereocenters. The number of amides is 5. The Morgan fingerprint density at radius 2 is 1.80 bits per heavy atom. The largest absolute Gasteiger partial charge is 0.339 e. The highest BCUT2D eigenvalue weighted by Gasteiger charge is 2.40. The molecule has 0 radical (unpaired) electrons. The lowest BCUT2D eigenvalue weighted by molar-refractivity contribution is -0.133. The van der Waals surface area contributed by atoms with Crippen molar-refractivity contribution in [3.05, 3.63) is 59.2 Å². The monoisotopic (exact) mass is 576 g/mol. The maximum atomic E-state index is 13.5. The van der Waals surface area contributed by atoms with Crippen LogP contribution in [0.2, 0.25) is 0 Å². The minimum absolute atomic E-state index is 0.0935. The van der Waals surface area contributed by atoms with E-state index in [9.17, 15) is 19.2 Å². The highest BCUT2D eigenvalue weighted by Crippen LogP contribution is 2.30. The molecule has 2 aromatic rings. The molecule has 2 N–H and O–H groups in total. The third-order valence-electron chi connectivity index (χ3n) is 8.04. The Labute approximate surface area is 245 Å². The predicted octanol–water partition coefficient (Wildman–Crippen LogP) is 2.80. The highest BCUT2D eigenvalue weighted by molar-refractivity contribution is 7.80. The summed E-state index contributed by atoms with van der Waals surface area (Å²) >= 11 is 5.53. The second-order valence-electron chi connectivity index (χ2n) is 10.9. The van der Waals surface area contributed by atoms with Crippen molar-refractivity contribution in [2.24, 2.45) is 0 Å². The van der Waals surface area contributed by atoms with Gasteiger partial charge in [0.05, 0.1) is 11.4 Å². The molecule has 0 spiro atoms. The van der Waals surface area contributed by atoms with E-state index in [0.717, 1.165) is 30.6 Å². The lowest BCUT2D eigenvalue weighted by atomic mass is 10.0. The number of fused-ring (bicyclic) bond motifs is 1. The standard InChI is InChI=1S/C30H36N6O4S/c1-20-18-21(28(38)35-15-11-26(37)32-23-6-3-4-7-24(23)35)8-9-22(20)19-31-30(40)36-14-10-25(41)27(36)29(39)34-13-5-12-33(2)16-17-34/h3-4,6-9,18,27H,5,10-17,19H2,1-2H3,(H,31,40)(H,32,37)/t27-/m0/s1. The van der Waals surface area contributed by atoms with Crippen LogP contribution >= 0.6 is 12.2 Å². The van der Waals surface area contributed by atoms with Crippen molar-refractivity contribution in [2.45, 2.75) is 38.8 Å². The minimum atomic E-state index is -0.715. The molecule has 5 rings (SSSR count). The van der Waals surface area contributed by atoms with Gasteiger partial charge in [0.15, 0.2) is 0 Å². The third-order valence-corrected chi connectivity index (χ3v) is 8.47. The highest BCUT2D eigenvalue weighted by atomic mass is 32.1. The summed E-state index contributed by atoms with van der Waals surface area (Å²) in [5.41, 5.74) is 3.49. The summed E-state index contributed by atoms with van der Waals surface area (Å²) in [6.45, 7) is 5.88. The van der Waals surface area contributed by atoms with Gasteiger partial charge in [-0.3, -0.25) is 14.4 Å². The Kier molecular flexibility index (Phi) is 8.65. The first-order chi connectivity index (χ1) is 19.7. The third kappa shape index (κ3) is 6.25. The Bertz CT molecular complexity index is 1380. The van der Waals surface area contributed by atoms with Crippen LogP contribution in [0.5, 0.6) is 0 Å². The van der Waals surface area contributed by atoms with Crippen molar-refractivity contribution in [1.82, 2.24) is 20.0 Å². The van der Waals surface area contributed by atoms with Gasteiger partial charge in [-0.1, -0.05) is 30.4 Å². The van der Waals surface area contributed by atoms with Gasteiger partial charge in [0, 0.05) is 56.1 Å². The number of likely N-dealkylation sites (N-methyl/N-ethyl adjacent to an activating group) is 1. The van der Waals surface area contributed by atoms with Gasteiger partial charge in [-0.05, 0) is 68.8 Å². The number of para-hydroxylation sites is 2. The number of rotatable bonds is 4. The molecule has 2 fully saturated rings. The van der Waals surface area contributed by atoms with Crippen molar-refractivity contribution < 1.29 is 19.2 Å². The number of carbonyl (C=O) groups excluding carboxylic acids is 4. The molecule has 5 amide bonds. The summed E-state index contributed by atoms with van der Waals surface area (Å²) in [4.78, 5) is 60.1. The summed E-state index contributed by atoms with van der Waals surface area (Å²) in [7, 11) is 2.05. The number of nitrogens with one attached hydrogen (secondary N) is 2. The molecule has 3 aliphatic rings. The van der Waals surface area contributed by atoms with Crippen LogP contribution in [0, 0.1) is 6.92 Å². The lowest BCUT2D eigenvalue weighted by Crippen LogP contribution is -2.53. The fraction of sp³-hybridized carbons (Fsp3) is 0.433. The number of benzene rings is 2. The van der Waals surface area contributed by atoms with E-state index in [0.29, 0.717) is 47.9 Å². The van der Waals surface area contributed by atoms with Crippen molar-refractivity contribution in [3.63, 3.8) is 0 Å². The van der Waals surface area contributed by atoms with Gasteiger partial charge in [-0.2, -0.15) is 0 Å². The normalized spacial score (nSPS) is 19.8. The van der Waals surface area contributed by atoms with E-state index in [1.165, 1.54) is 0 Å². The summed E-state index contributed by atoms with van der Waals surface area (Å²) in [6.07, 6.45) is 1.64. The first-order valence-corrected chi connectivity index (χ1v) is 14.5. The van der Waals surface area contributed by atoms with E-state index >= 15 is 0 Å². The predicted molar refractivity (Wildman–Crippen MR) is 161 cm³/mol. The maximum Gasteiger partial charge on any atom is 0.318 e. The molecule has 10 nitrogen and oxygen atoms in total. The summed E-state index contributed by atoms with van der Waals surface area (Å²) in [5, 5.41) is 5.81. The molecule has 2 saturated heterocycles. The fourth-order valence-corrected chi connectivity index (χ4v) is 5.95. The molecule has 11 heteroatoms. The van der Waals surface area contributed by atoms with Gasteiger partial charge in [-0.25, -0.2) is 4.79 Å². The number of hydrogen-bond acceptors (Lipinski definition) is 6. The zero-order valence-electron chi connectivity index (χ0n) is 23.5. The van der Waals surface area contributed by atoms with Crippen LogP contribution in [0.25, 0.3) is 0 Å². The van der Waals surface area contributed by atoms with E-state index in [-0.39, 0.29) is 43.3 Å². The van der Waals surface area contributed by atoms with Gasteiger partial charge in [0.1, 0.15) is 6.04 Å². The first kappa shape index (κ1) is 28.7.